The summed E-state index contributed by atoms with van der Waals surface area (Å²) >= 11 is 2.78. The van der Waals surface area contributed by atoms with Crippen molar-refractivity contribution in [1.29, 1.82) is 0 Å². The minimum Gasteiger partial charge on any atom is -0.481 e. The standard InChI is InChI=1S/C23H17N3O5S2/c1-13-18(24-22(29)30-12-14-5-3-2-4-6-14)16(31-26-13)8-7-15-11-17-19(32-15)25-20(33-17)23(9-10-23)21(27)28/h2-6,11H,9-10,12H2,1H3,(H,24,29)(H,27,28). The Balaban J connectivity index is 1.29. The van der Waals surface area contributed by atoms with Crippen molar-refractivity contribution in [2.75, 3.05) is 5.32 Å². The van der Waals surface area contributed by atoms with Gasteiger partial charge in [-0.05, 0) is 43.2 Å². The molecule has 166 valence electrons. The highest BCUT2D eigenvalue weighted by Gasteiger charge is 2.54. The Morgan fingerprint density at radius 1 is 1.24 bits per heavy atom. The third kappa shape index (κ3) is 4.20. The Bertz CT molecular complexity index is 1390. The molecule has 1 aromatic carbocycles. The van der Waals surface area contributed by atoms with E-state index >= 15 is 0 Å². The van der Waals surface area contributed by atoms with Crippen LogP contribution in [0.4, 0.5) is 10.5 Å². The Labute approximate surface area is 196 Å². The third-order valence-electron chi connectivity index (χ3n) is 5.26. The van der Waals surface area contributed by atoms with Crippen molar-refractivity contribution in [3.05, 3.63) is 63.3 Å². The number of carboxylic acids is 1. The molecule has 8 nitrogen and oxygen atoms in total. The van der Waals surface area contributed by atoms with Gasteiger partial charge in [0.1, 0.15) is 33.2 Å². The van der Waals surface area contributed by atoms with E-state index in [4.69, 9.17) is 9.26 Å². The predicted octanol–water partition coefficient (Wildman–Crippen LogP) is 4.92. The van der Waals surface area contributed by atoms with Crippen LogP contribution in [0.3, 0.4) is 0 Å². The number of amides is 1. The smallest absolute Gasteiger partial charge is 0.412 e. The molecule has 0 aliphatic heterocycles. The quantitative estimate of drug-likeness (QED) is 0.391. The molecule has 33 heavy (non-hydrogen) atoms. The second-order valence-corrected chi connectivity index (χ2v) is 9.66. The van der Waals surface area contributed by atoms with Crippen LogP contribution < -0.4 is 5.32 Å². The molecule has 4 aromatic rings. The number of thiophene rings is 1. The summed E-state index contributed by atoms with van der Waals surface area (Å²) in [7, 11) is 0. The lowest BCUT2D eigenvalue weighted by atomic mass is 10.1. The molecule has 0 spiro atoms. The first-order valence-electron chi connectivity index (χ1n) is 10.0. The van der Waals surface area contributed by atoms with Crippen molar-refractivity contribution in [3.63, 3.8) is 0 Å². The molecule has 1 saturated carbocycles. The fourth-order valence-corrected chi connectivity index (χ4v) is 5.54. The van der Waals surface area contributed by atoms with E-state index in [0.717, 1.165) is 20.0 Å². The third-order valence-corrected chi connectivity index (χ3v) is 7.54. The minimum atomic E-state index is -0.813. The van der Waals surface area contributed by atoms with Gasteiger partial charge in [0.05, 0.1) is 9.58 Å². The minimum absolute atomic E-state index is 0.141. The Morgan fingerprint density at radius 2 is 2.03 bits per heavy atom. The van der Waals surface area contributed by atoms with E-state index < -0.39 is 17.5 Å². The lowest BCUT2D eigenvalue weighted by Crippen LogP contribution is -2.18. The van der Waals surface area contributed by atoms with Gasteiger partial charge in [0.15, 0.2) is 0 Å². The summed E-state index contributed by atoms with van der Waals surface area (Å²) in [4.78, 5) is 29.8. The van der Waals surface area contributed by atoms with Gasteiger partial charge in [-0.25, -0.2) is 9.78 Å². The molecule has 0 saturated heterocycles. The van der Waals surface area contributed by atoms with E-state index in [1.54, 1.807) is 6.92 Å². The molecule has 0 radical (unpaired) electrons. The number of hydrogen-bond donors (Lipinski definition) is 2. The first kappa shape index (κ1) is 21.2. The van der Waals surface area contributed by atoms with Gasteiger partial charge < -0.3 is 14.4 Å². The zero-order valence-corrected chi connectivity index (χ0v) is 19.0. The topological polar surface area (TPSA) is 115 Å². The molecular weight excluding hydrogens is 462 g/mol. The van der Waals surface area contributed by atoms with Crippen LogP contribution in [0.15, 0.2) is 40.9 Å². The van der Waals surface area contributed by atoms with E-state index in [0.29, 0.717) is 29.2 Å². The summed E-state index contributed by atoms with van der Waals surface area (Å²) < 4.78 is 11.4. The van der Waals surface area contributed by atoms with Gasteiger partial charge in [0, 0.05) is 0 Å². The number of carbonyl (C=O) groups excluding carboxylic acids is 1. The van der Waals surface area contributed by atoms with Crippen LogP contribution in [0.2, 0.25) is 0 Å². The molecule has 1 aliphatic rings. The second-order valence-electron chi connectivity index (χ2n) is 7.60. The van der Waals surface area contributed by atoms with E-state index in [1.165, 1.54) is 22.7 Å². The van der Waals surface area contributed by atoms with E-state index in [9.17, 15) is 14.7 Å². The van der Waals surface area contributed by atoms with E-state index in [1.807, 2.05) is 36.4 Å². The second kappa shape index (κ2) is 8.35. The highest BCUT2D eigenvalue weighted by atomic mass is 32.1. The summed E-state index contributed by atoms with van der Waals surface area (Å²) in [6.07, 6.45) is 0.628. The molecule has 10 heteroatoms. The van der Waals surface area contributed by atoms with Gasteiger partial charge in [-0.15, -0.1) is 22.7 Å². The highest BCUT2D eigenvalue weighted by Crippen LogP contribution is 2.51. The van der Waals surface area contributed by atoms with Gasteiger partial charge >= 0.3 is 12.1 Å². The van der Waals surface area contributed by atoms with Crippen LogP contribution in [0, 0.1) is 18.8 Å². The fraction of sp³-hybridized carbons (Fsp3) is 0.217. The number of aryl methyl sites for hydroxylation is 1. The van der Waals surface area contributed by atoms with Gasteiger partial charge in [0.25, 0.3) is 0 Å². The molecule has 0 atom stereocenters. The number of hydrogen-bond acceptors (Lipinski definition) is 8. The number of aliphatic carboxylic acids is 1. The maximum atomic E-state index is 12.2. The molecule has 0 unspecified atom stereocenters. The zero-order valence-electron chi connectivity index (χ0n) is 17.4. The van der Waals surface area contributed by atoms with Crippen LogP contribution in [0.1, 0.15) is 39.7 Å². The van der Waals surface area contributed by atoms with Crippen LogP contribution >= 0.6 is 22.7 Å². The number of nitrogens with zero attached hydrogens (tertiary/aromatic N) is 2. The summed E-state index contributed by atoms with van der Waals surface area (Å²) in [6, 6.07) is 11.2. The average Bonchev–Trinajstić information content (AvgIpc) is 3.24. The number of rotatable bonds is 5. The molecule has 3 aromatic heterocycles. The number of carbonyl (C=O) groups is 2. The van der Waals surface area contributed by atoms with Gasteiger partial charge in [-0.3, -0.25) is 10.1 Å². The Morgan fingerprint density at radius 3 is 2.73 bits per heavy atom. The average molecular weight is 480 g/mol. The summed E-state index contributed by atoms with van der Waals surface area (Å²) in [5.41, 5.74) is 0.914. The Hall–Kier alpha value is -3.68. The number of ether oxygens (including phenoxy) is 1. The lowest BCUT2D eigenvalue weighted by molar-refractivity contribution is -0.140. The van der Waals surface area contributed by atoms with Crippen molar-refractivity contribution >= 4 is 50.0 Å². The number of aromatic nitrogens is 2. The molecule has 1 amide bonds. The van der Waals surface area contributed by atoms with E-state index in [-0.39, 0.29) is 12.4 Å². The fourth-order valence-electron chi connectivity index (χ4n) is 3.23. The monoisotopic (exact) mass is 479 g/mol. The van der Waals surface area contributed by atoms with Gasteiger partial charge in [-0.2, -0.15) is 0 Å². The SMILES string of the molecule is Cc1noc(C#Cc2cc3sc(C4(C(=O)O)CC4)nc3s2)c1NC(=O)OCc1ccccc1. The molecule has 2 N–H and O–H groups in total. The van der Waals surface area contributed by atoms with E-state index in [2.05, 4.69) is 27.3 Å². The number of nitrogens with one attached hydrogen (secondary N) is 1. The van der Waals surface area contributed by atoms with Crippen molar-refractivity contribution in [2.24, 2.45) is 0 Å². The first-order valence-corrected chi connectivity index (χ1v) is 11.7. The maximum absolute atomic E-state index is 12.2. The number of fused-ring (bicyclic) bond motifs is 1. The maximum Gasteiger partial charge on any atom is 0.412 e. The normalized spacial score (nSPS) is 13.8. The summed E-state index contributed by atoms with van der Waals surface area (Å²) in [5, 5.41) is 16.6. The van der Waals surface area contributed by atoms with Crippen molar-refractivity contribution in [1.82, 2.24) is 10.1 Å². The molecule has 0 bridgehead atoms. The number of anilines is 1. The van der Waals surface area contributed by atoms with Crippen LogP contribution in [0.25, 0.3) is 9.53 Å². The molecule has 5 rings (SSSR count). The van der Waals surface area contributed by atoms with Gasteiger partial charge in [-0.1, -0.05) is 35.5 Å². The highest BCUT2D eigenvalue weighted by molar-refractivity contribution is 7.27. The zero-order chi connectivity index (χ0) is 23.0. The molecular formula is C23H17N3O5S2. The van der Waals surface area contributed by atoms with Crippen LogP contribution in [-0.2, 0) is 21.6 Å². The lowest BCUT2D eigenvalue weighted by Gasteiger charge is -2.06. The number of thiazole rings is 1. The largest absolute Gasteiger partial charge is 0.481 e. The first-order chi connectivity index (χ1) is 15.9. The van der Waals surface area contributed by atoms with Crippen molar-refractivity contribution < 1.29 is 24.0 Å². The molecule has 3 heterocycles. The predicted molar refractivity (Wildman–Crippen MR) is 124 cm³/mol. The van der Waals surface area contributed by atoms with Crippen molar-refractivity contribution in [3.8, 4) is 11.8 Å². The number of carboxylic acid groups (broad SMARTS) is 1. The van der Waals surface area contributed by atoms with Gasteiger partial charge in [0.2, 0.25) is 5.76 Å². The molecule has 1 fully saturated rings. The van der Waals surface area contributed by atoms with Crippen molar-refractivity contribution in [2.45, 2.75) is 31.8 Å². The van der Waals surface area contributed by atoms with Crippen LogP contribution in [-0.4, -0.2) is 27.3 Å². The van der Waals surface area contributed by atoms with Crippen LogP contribution in [0.5, 0.6) is 0 Å². The number of benzene rings is 1. The molecule has 1 aliphatic carbocycles. The Kier molecular flexibility index (Phi) is 5.36. The summed E-state index contributed by atoms with van der Waals surface area (Å²) in [6.45, 7) is 1.84. The summed E-state index contributed by atoms with van der Waals surface area (Å²) in [5.74, 6) is 5.32.